The zero-order valence-corrected chi connectivity index (χ0v) is 16.0. The van der Waals surface area contributed by atoms with Crippen LogP contribution in [0.15, 0.2) is 42.6 Å². The van der Waals surface area contributed by atoms with Crippen molar-refractivity contribution in [2.24, 2.45) is 0 Å². The Bertz CT molecular complexity index is 1090. The van der Waals surface area contributed by atoms with Gasteiger partial charge in [-0.3, -0.25) is 14.2 Å². The van der Waals surface area contributed by atoms with Gasteiger partial charge in [0, 0.05) is 18.0 Å². The van der Waals surface area contributed by atoms with Gasteiger partial charge in [-0.25, -0.2) is 4.79 Å². The zero-order chi connectivity index (χ0) is 22.1. The minimum Gasteiger partial charge on any atom is -0.476 e. The number of anilines is 1. The number of amides is 1. The van der Waals surface area contributed by atoms with Crippen molar-refractivity contribution < 1.29 is 27.9 Å². The fourth-order valence-corrected chi connectivity index (χ4v) is 2.77. The molecule has 2 heterocycles. The molecular formula is C19H18F3N5O3. The van der Waals surface area contributed by atoms with E-state index < -0.39 is 29.7 Å². The second-order valence-electron chi connectivity index (χ2n) is 6.68. The smallest absolute Gasteiger partial charge is 0.416 e. The molecule has 0 aliphatic heterocycles. The number of aromatic carboxylic acids is 1. The number of alkyl halides is 3. The highest BCUT2D eigenvalue weighted by Crippen LogP contribution is 2.29. The summed E-state index contributed by atoms with van der Waals surface area (Å²) in [4.78, 5) is 23.3. The number of carboxylic acid groups (broad SMARTS) is 1. The minimum absolute atomic E-state index is 0.0995. The summed E-state index contributed by atoms with van der Waals surface area (Å²) in [6.07, 6.45) is -3.05. The van der Waals surface area contributed by atoms with Crippen LogP contribution in [-0.4, -0.2) is 36.5 Å². The van der Waals surface area contributed by atoms with E-state index >= 15 is 0 Å². The lowest BCUT2D eigenvalue weighted by molar-refractivity contribution is -0.137. The normalized spacial score (nSPS) is 12.6. The van der Waals surface area contributed by atoms with Gasteiger partial charge in [0.1, 0.15) is 6.04 Å². The molecule has 2 aromatic heterocycles. The molecule has 0 bridgehead atoms. The molecule has 158 valence electrons. The average Bonchev–Trinajstić information content (AvgIpc) is 3.28. The van der Waals surface area contributed by atoms with Gasteiger partial charge in [0.25, 0.3) is 0 Å². The fourth-order valence-electron chi connectivity index (χ4n) is 2.77. The van der Waals surface area contributed by atoms with Crippen LogP contribution in [0.25, 0.3) is 0 Å². The molecule has 0 radical (unpaired) electrons. The van der Waals surface area contributed by atoms with Gasteiger partial charge in [-0.2, -0.15) is 23.4 Å². The number of nitrogens with zero attached hydrogens (tertiary/aromatic N) is 4. The highest BCUT2D eigenvalue weighted by Gasteiger charge is 2.30. The second-order valence-corrected chi connectivity index (χ2v) is 6.68. The number of benzene rings is 1. The van der Waals surface area contributed by atoms with Gasteiger partial charge in [-0.1, -0.05) is 12.1 Å². The largest absolute Gasteiger partial charge is 0.476 e. The molecule has 0 saturated carbocycles. The molecule has 3 aromatic rings. The van der Waals surface area contributed by atoms with Crippen molar-refractivity contribution in [2.75, 3.05) is 5.32 Å². The Labute approximate surface area is 168 Å². The summed E-state index contributed by atoms with van der Waals surface area (Å²) in [5, 5.41) is 19.6. The maximum Gasteiger partial charge on any atom is 0.416 e. The Balaban J connectivity index is 1.71. The van der Waals surface area contributed by atoms with Crippen LogP contribution >= 0.6 is 0 Å². The van der Waals surface area contributed by atoms with Gasteiger partial charge in [0.15, 0.2) is 11.5 Å². The van der Waals surface area contributed by atoms with Crippen LogP contribution in [0.1, 0.15) is 40.3 Å². The van der Waals surface area contributed by atoms with E-state index in [1.54, 1.807) is 26.0 Å². The molecule has 1 amide bonds. The number of hydrogen-bond donors (Lipinski definition) is 2. The number of hydrogen-bond acceptors (Lipinski definition) is 4. The third-order valence-electron chi connectivity index (χ3n) is 4.42. The Morgan fingerprint density at radius 3 is 2.57 bits per heavy atom. The number of carbonyl (C=O) groups is 2. The van der Waals surface area contributed by atoms with Crippen LogP contribution in [0, 0.1) is 6.92 Å². The minimum atomic E-state index is -4.43. The monoisotopic (exact) mass is 421 g/mol. The Hall–Kier alpha value is -3.63. The molecule has 0 aliphatic carbocycles. The summed E-state index contributed by atoms with van der Waals surface area (Å²) in [5.74, 6) is -1.45. The molecule has 0 spiro atoms. The van der Waals surface area contributed by atoms with Gasteiger partial charge in [0.05, 0.1) is 12.1 Å². The summed E-state index contributed by atoms with van der Waals surface area (Å²) in [6, 6.07) is 7.01. The van der Waals surface area contributed by atoms with Crippen molar-refractivity contribution in [2.45, 2.75) is 32.6 Å². The number of nitrogens with one attached hydrogen (secondary N) is 1. The van der Waals surface area contributed by atoms with E-state index in [2.05, 4.69) is 15.5 Å². The molecule has 0 saturated heterocycles. The number of halogens is 3. The number of carbonyl (C=O) groups excluding carboxylic acids is 1. The molecule has 1 unspecified atom stereocenters. The summed E-state index contributed by atoms with van der Waals surface area (Å²) < 4.78 is 41.3. The first kappa shape index (κ1) is 21.1. The Morgan fingerprint density at radius 2 is 1.93 bits per heavy atom. The van der Waals surface area contributed by atoms with E-state index in [4.69, 9.17) is 5.11 Å². The molecule has 0 fully saturated rings. The van der Waals surface area contributed by atoms with Gasteiger partial charge in [-0.05, 0) is 37.6 Å². The molecule has 30 heavy (non-hydrogen) atoms. The molecule has 8 nitrogen and oxygen atoms in total. The van der Waals surface area contributed by atoms with Crippen LogP contribution in [0.5, 0.6) is 0 Å². The third-order valence-corrected chi connectivity index (χ3v) is 4.42. The highest BCUT2D eigenvalue weighted by molar-refractivity contribution is 5.92. The van der Waals surface area contributed by atoms with Crippen LogP contribution in [0.2, 0.25) is 0 Å². The molecule has 1 atom stereocenters. The molecule has 1 aromatic carbocycles. The van der Waals surface area contributed by atoms with Gasteiger partial charge >= 0.3 is 12.1 Å². The first-order chi connectivity index (χ1) is 14.0. The van der Waals surface area contributed by atoms with Crippen molar-refractivity contribution in [3.05, 3.63) is 65.1 Å². The summed E-state index contributed by atoms with van der Waals surface area (Å²) in [5.41, 5.74) is 0.130. The molecule has 0 aliphatic rings. The molecular weight excluding hydrogens is 403 g/mol. The first-order valence-corrected chi connectivity index (χ1v) is 8.84. The molecule has 2 N–H and O–H groups in total. The molecule has 11 heteroatoms. The maximum atomic E-state index is 12.9. The summed E-state index contributed by atoms with van der Waals surface area (Å²) >= 11 is 0. The average molecular weight is 421 g/mol. The quantitative estimate of drug-likeness (QED) is 0.636. The van der Waals surface area contributed by atoms with Crippen molar-refractivity contribution >= 4 is 17.7 Å². The van der Waals surface area contributed by atoms with E-state index in [0.29, 0.717) is 11.3 Å². The van der Waals surface area contributed by atoms with Crippen molar-refractivity contribution in [1.29, 1.82) is 0 Å². The third kappa shape index (κ3) is 4.67. The summed E-state index contributed by atoms with van der Waals surface area (Å²) in [6.45, 7) is 3.36. The van der Waals surface area contributed by atoms with Crippen molar-refractivity contribution in [3.8, 4) is 0 Å². The van der Waals surface area contributed by atoms with Crippen LogP contribution < -0.4 is 5.32 Å². The van der Waals surface area contributed by atoms with Crippen molar-refractivity contribution in [3.63, 3.8) is 0 Å². The summed E-state index contributed by atoms with van der Waals surface area (Å²) in [7, 11) is 0. The van der Waals surface area contributed by atoms with E-state index in [-0.39, 0.29) is 18.1 Å². The zero-order valence-electron chi connectivity index (χ0n) is 16.0. The predicted octanol–water partition coefficient (Wildman–Crippen LogP) is 3.35. The lowest BCUT2D eigenvalue weighted by Gasteiger charge is -2.11. The number of aryl methyl sites for hydroxylation is 1. The number of carboxylic acids is 1. The van der Waals surface area contributed by atoms with E-state index in [1.165, 1.54) is 27.7 Å². The number of aromatic nitrogens is 4. The maximum absolute atomic E-state index is 12.9. The van der Waals surface area contributed by atoms with Crippen LogP contribution in [-0.2, 0) is 17.5 Å². The predicted molar refractivity (Wildman–Crippen MR) is 100 cm³/mol. The lowest BCUT2D eigenvalue weighted by atomic mass is 10.1. The standard InChI is InChI=1S/C19H18F3N5O3/c1-11-8-16(23-17(28)12(2)26-7-6-15(24-26)18(29)30)25-27(11)10-13-4-3-5-14(9-13)19(20,21)22/h3-9,12H,10H2,1-2H3,(H,29,30)(H,23,25,28). The fraction of sp³-hybridized carbons (Fsp3) is 0.263. The highest BCUT2D eigenvalue weighted by atomic mass is 19.4. The van der Waals surface area contributed by atoms with Gasteiger partial charge in [-0.15, -0.1) is 0 Å². The van der Waals surface area contributed by atoms with Crippen molar-refractivity contribution in [1.82, 2.24) is 19.6 Å². The topological polar surface area (TPSA) is 102 Å². The SMILES string of the molecule is Cc1cc(NC(=O)C(C)n2ccc(C(=O)O)n2)nn1Cc1cccc(C(F)(F)F)c1. The van der Waals surface area contributed by atoms with E-state index in [1.807, 2.05) is 0 Å². The van der Waals surface area contributed by atoms with E-state index in [9.17, 15) is 22.8 Å². The number of rotatable bonds is 6. The van der Waals surface area contributed by atoms with Crippen LogP contribution in [0.3, 0.4) is 0 Å². The van der Waals surface area contributed by atoms with Crippen LogP contribution in [0.4, 0.5) is 19.0 Å². The van der Waals surface area contributed by atoms with E-state index in [0.717, 1.165) is 12.1 Å². The van der Waals surface area contributed by atoms with Gasteiger partial charge < -0.3 is 10.4 Å². The first-order valence-electron chi connectivity index (χ1n) is 8.84. The lowest BCUT2D eigenvalue weighted by Crippen LogP contribution is -2.24. The Morgan fingerprint density at radius 1 is 1.20 bits per heavy atom. The van der Waals surface area contributed by atoms with Gasteiger partial charge in [0.2, 0.25) is 5.91 Å². The Kier molecular flexibility index (Phi) is 5.63. The molecule has 3 rings (SSSR count). The second kappa shape index (κ2) is 8.01.